The molecule has 2 aromatic rings. The molecule has 0 aliphatic heterocycles. The van der Waals surface area contributed by atoms with Gasteiger partial charge in [-0.15, -0.1) is 0 Å². The Hall–Kier alpha value is -2.04. The van der Waals surface area contributed by atoms with Crippen LogP contribution in [0.4, 0.5) is 0 Å². The Labute approximate surface area is 157 Å². The number of halogens is 2. The zero-order valence-corrected chi connectivity index (χ0v) is 15.6. The average Bonchev–Trinajstić information content (AvgIpc) is 2.62. The molecule has 0 saturated heterocycles. The molecular formula is C19H20Cl2N2O2. The lowest BCUT2D eigenvalue weighted by Crippen LogP contribution is -2.47. The van der Waals surface area contributed by atoms with Gasteiger partial charge >= 0.3 is 0 Å². The van der Waals surface area contributed by atoms with Gasteiger partial charge in [-0.25, -0.2) is 0 Å². The van der Waals surface area contributed by atoms with Crippen molar-refractivity contribution in [3.05, 3.63) is 69.7 Å². The SMILES string of the molecule is CNC(=O)[C@H](C)N(Cc1ccc(Cl)c(Cl)c1)C(=O)Cc1ccccc1. The van der Waals surface area contributed by atoms with Gasteiger partial charge in [-0.1, -0.05) is 59.6 Å². The van der Waals surface area contributed by atoms with Crippen LogP contribution in [-0.2, 0) is 22.6 Å². The van der Waals surface area contributed by atoms with Crippen LogP contribution >= 0.6 is 23.2 Å². The number of nitrogens with zero attached hydrogens (tertiary/aromatic N) is 1. The molecule has 0 spiro atoms. The number of carbonyl (C=O) groups is 2. The van der Waals surface area contributed by atoms with Gasteiger partial charge in [0.15, 0.2) is 0 Å². The van der Waals surface area contributed by atoms with Crippen LogP contribution in [0.25, 0.3) is 0 Å². The zero-order chi connectivity index (χ0) is 18.4. The minimum atomic E-state index is -0.601. The third-order valence-electron chi connectivity index (χ3n) is 3.95. The van der Waals surface area contributed by atoms with Crippen LogP contribution in [0.5, 0.6) is 0 Å². The summed E-state index contributed by atoms with van der Waals surface area (Å²) >= 11 is 12.0. The molecule has 4 nitrogen and oxygen atoms in total. The standard InChI is InChI=1S/C19H20Cl2N2O2/c1-13(19(25)22-2)23(12-15-8-9-16(20)17(21)10-15)18(24)11-14-6-4-3-5-7-14/h3-10,13H,11-12H2,1-2H3,(H,22,25)/t13-/m0/s1. The highest BCUT2D eigenvalue weighted by molar-refractivity contribution is 6.42. The van der Waals surface area contributed by atoms with E-state index in [1.807, 2.05) is 30.3 Å². The predicted molar refractivity (Wildman–Crippen MR) is 101 cm³/mol. The molecule has 0 saturated carbocycles. The second-order valence-electron chi connectivity index (χ2n) is 5.72. The Kier molecular flexibility index (Phi) is 6.85. The molecule has 2 rings (SSSR count). The van der Waals surface area contributed by atoms with E-state index in [0.717, 1.165) is 11.1 Å². The predicted octanol–water partition coefficient (Wildman–Crippen LogP) is 3.70. The molecule has 0 aromatic heterocycles. The van der Waals surface area contributed by atoms with Crippen LogP contribution in [-0.4, -0.2) is 29.8 Å². The number of hydrogen-bond donors (Lipinski definition) is 1. The zero-order valence-electron chi connectivity index (χ0n) is 14.1. The van der Waals surface area contributed by atoms with Gasteiger partial charge in [0.05, 0.1) is 16.5 Å². The maximum atomic E-state index is 12.8. The Bertz CT molecular complexity index is 750. The first kappa shape index (κ1) is 19.3. The van der Waals surface area contributed by atoms with Gasteiger partial charge in [0.25, 0.3) is 0 Å². The van der Waals surface area contributed by atoms with Gasteiger partial charge < -0.3 is 10.2 Å². The lowest BCUT2D eigenvalue weighted by atomic mass is 10.1. The molecule has 6 heteroatoms. The Morgan fingerprint density at radius 3 is 2.32 bits per heavy atom. The maximum Gasteiger partial charge on any atom is 0.242 e. The lowest BCUT2D eigenvalue weighted by Gasteiger charge is -2.28. The number of rotatable bonds is 6. The van der Waals surface area contributed by atoms with Crippen molar-refractivity contribution in [2.45, 2.75) is 25.9 Å². The van der Waals surface area contributed by atoms with Gasteiger partial charge in [0, 0.05) is 13.6 Å². The highest BCUT2D eigenvalue weighted by atomic mass is 35.5. The van der Waals surface area contributed by atoms with Crippen molar-refractivity contribution in [2.24, 2.45) is 0 Å². The molecule has 2 amide bonds. The second kappa shape index (κ2) is 8.88. The van der Waals surface area contributed by atoms with Crippen LogP contribution in [0, 0.1) is 0 Å². The molecule has 0 bridgehead atoms. The molecule has 0 radical (unpaired) electrons. The van der Waals surface area contributed by atoms with E-state index >= 15 is 0 Å². The van der Waals surface area contributed by atoms with Gasteiger partial charge in [0.1, 0.15) is 6.04 Å². The van der Waals surface area contributed by atoms with Crippen molar-refractivity contribution in [2.75, 3.05) is 7.05 Å². The molecule has 0 aliphatic carbocycles. The third-order valence-corrected chi connectivity index (χ3v) is 4.69. The van der Waals surface area contributed by atoms with E-state index < -0.39 is 6.04 Å². The van der Waals surface area contributed by atoms with E-state index in [0.29, 0.717) is 10.0 Å². The smallest absolute Gasteiger partial charge is 0.242 e. The van der Waals surface area contributed by atoms with E-state index in [1.165, 1.54) is 0 Å². The summed E-state index contributed by atoms with van der Waals surface area (Å²) in [6.07, 6.45) is 0.226. The highest BCUT2D eigenvalue weighted by Gasteiger charge is 2.25. The number of carbonyl (C=O) groups excluding carboxylic acids is 2. The largest absolute Gasteiger partial charge is 0.357 e. The molecule has 2 aromatic carbocycles. The normalized spacial score (nSPS) is 11.7. The molecule has 25 heavy (non-hydrogen) atoms. The average molecular weight is 379 g/mol. The van der Waals surface area contributed by atoms with Gasteiger partial charge in [-0.3, -0.25) is 9.59 Å². The van der Waals surface area contributed by atoms with E-state index in [9.17, 15) is 9.59 Å². The van der Waals surface area contributed by atoms with Crippen LogP contribution in [0.3, 0.4) is 0 Å². The van der Waals surface area contributed by atoms with E-state index in [1.54, 1.807) is 37.1 Å². The first-order valence-electron chi connectivity index (χ1n) is 7.91. The van der Waals surface area contributed by atoms with Crippen LogP contribution in [0.1, 0.15) is 18.1 Å². The van der Waals surface area contributed by atoms with Crippen molar-refractivity contribution < 1.29 is 9.59 Å². The van der Waals surface area contributed by atoms with Crippen molar-refractivity contribution in [1.29, 1.82) is 0 Å². The van der Waals surface area contributed by atoms with Gasteiger partial charge in [-0.2, -0.15) is 0 Å². The molecule has 0 aliphatic rings. The molecular weight excluding hydrogens is 359 g/mol. The molecule has 1 N–H and O–H groups in total. The van der Waals surface area contributed by atoms with Crippen molar-refractivity contribution in [1.82, 2.24) is 10.2 Å². The van der Waals surface area contributed by atoms with Gasteiger partial charge in [-0.05, 0) is 30.2 Å². The number of benzene rings is 2. The molecule has 0 unspecified atom stereocenters. The maximum absolute atomic E-state index is 12.8. The minimum absolute atomic E-state index is 0.131. The molecule has 0 heterocycles. The summed E-state index contributed by atoms with van der Waals surface area (Å²) in [5, 5.41) is 3.46. The fraction of sp³-hybridized carbons (Fsp3) is 0.263. The lowest BCUT2D eigenvalue weighted by molar-refractivity contribution is -0.139. The van der Waals surface area contributed by atoms with Gasteiger partial charge in [0.2, 0.25) is 11.8 Å². The summed E-state index contributed by atoms with van der Waals surface area (Å²) in [5.41, 5.74) is 1.71. The summed E-state index contributed by atoms with van der Waals surface area (Å²) in [5.74, 6) is -0.352. The van der Waals surface area contributed by atoms with E-state index in [-0.39, 0.29) is 24.8 Å². The van der Waals surface area contributed by atoms with Crippen LogP contribution < -0.4 is 5.32 Å². The number of likely N-dealkylation sites (N-methyl/N-ethyl adjacent to an activating group) is 1. The Balaban J connectivity index is 2.24. The molecule has 132 valence electrons. The van der Waals surface area contributed by atoms with E-state index in [4.69, 9.17) is 23.2 Å². The summed E-state index contributed by atoms with van der Waals surface area (Å²) in [6, 6.07) is 14.0. The number of amides is 2. The van der Waals surface area contributed by atoms with E-state index in [2.05, 4.69) is 5.32 Å². The Morgan fingerprint density at radius 2 is 1.72 bits per heavy atom. The Morgan fingerprint density at radius 1 is 1.04 bits per heavy atom. The quantitative estimate of drug-likeness (QED) is 0.832. The summed E-state index contributed by atoms with van der Waals surface area (Å²) in [4.78, 5) is 26.4. The third kappa shape index (κ3) is 5.21. The summed E-state index contributed by atoms with van der Waals surface area (Å²) in [7, 11) is 1.55. The molecule has 1 atom stereocenters. The van der Waals surface area contributed by atoms with Crippen LogP contribution in [0.2, 0.25) is 10.0 Å². The first-order chi connectivity index (χ1) is 11.9. The monoisotopic (exact) mass is 378 g/mol. The highest BCUT2D eigenvalue weighted by Crippen LogP contribution is 2.24. The fourth-order valence-electron chi connectivity index (χ4n) is 2.50. The number of hydrogen-bond acceptors (Lipinski definition) is 2. The summed E-state index contributed by atoms with van der Waals surface area (Å²) in [6.45, 7) is 1.98. The van der Waals surface area contributed by atoms with Crippen molar-refractivity contribution in [3.63, 3.8) is 0 Å². The first-order valence-corrected chi connectivity index (χ1v) is 8.67. The topological polar surface area (TPSA) is 49.4 Å². The van der Waals surface area contributed by atoms with Crippen molar-refractivity contribution in [3.8, 4) is 0 Å². The minimum Gasteiger partial charge on any atom is -0.357 e. The molecule has 0 fully saturated rings. The second-order valence-corrected chi connectivity index (χ2v) is 6.54. The fourth-order valence-corrected chi connectivity index (χ4v) is 2.82. The van der Waals surface area contributed by atoms with Crippen molar-refractivity contribution >= 4 is 35.0 Å². The van der Waals surface area contributed by atoms with Crippen LogP contribution in [0.15, 0.2) is 48.5 Å². The number of nitrogens with one attached hydrogen (secondary N) is 1. The summed E-state index contributed by atoms with van der Waals surface area (Å²) < 4.78 is 0.